The van der Waals surface area contributed by atoms with E-state index >= 15 is 0 Å². The summed E-state index contributed by atoms with van der Waals surface area (Å²) in [6, 6.07) is 22.2. The number of para-hydroxylation sites is 1. The molecule has 1 aliphatic heterocycles. The lowest BCUT2D eigenvalue weighted by Crippen LogP contribution is -2.37. The molecule has 1 fully saturated rings. The lowest BCUT2D eigenvalue weighted by Gasteiger charge is -2.23. The van der Waals surface area contributed by atoms with Gasteiger partial charge in [0.2, 0.25) is 0 Å². The van der Waals surface area contributed by atoms with Gasteiger partial charge in [-0.15, -0.1) is 0 Å². The number of fused-ring (bicyclic) bond motifs is 1. The molecule has 1 unspecified atom stereocenters. The second-order valence-corrected chi connectivity index (χ2v) is 9.45. The van der Waals surface area contributed by atoms with E-state index in [1.807, 2.05) is 30.3 Å². The number of carbonyl (C=O) groups excluding carboxylic acids is 2. The summed E-state index contributed by atoms with van der Waals surface area (Å²) in [4.78, 5) is 33.0. The summed E-state index contributed by atoms with van der Waals surface area (Å²) >= 11 is 1.53. The molecule has 0 saturated carbocycles. The third kappa shape index (κ3) is 4.52. The monoisotopic (exact) mass is 470 g/mol. The van der Waals surface area contributed by atoms with Crippen LogP contribution in [0.1, 0.15) is 51.6 Å². The molecule has 172 valence electrons. The van der Waals surface area contributed by atoms with Crippen molar-refractivity contribution in [2.24, 2.45) is 0 Å². The van der Waals surface area contributed by atoms with Gasteiger partial charge in [0.05, 0.1) is 22.9 Å². The van der Waals surface area contributed by atoms with E-state index in [1.165, 1.54) is 16.9 Å². The second-order valence-electron chi connectivity index (χ2n) is 8.44. The summed E-state index contributed by atoms with van der Waals surface area (Å²) in [5.74, 6) is -0.194. The van der Waals surface area contributed by atoms with Crippen LogP contribution in [0.4, 0.5) is 5.13 Å². The Balaban J connectivity index is 1.45. The maximum atomic E-state index is 13.7. The van der Waals surface area contributed by atoms with Gasteiger partial charge in [0.1, 0.15) is 0 Å². The van der Waals surface area contributed by atoms with Gasteiger partial charge in [-0.25, -0.2) is 4.98 Å². The van der Waals surface area contributed by atoms with Gasteiger partial charge in [-0.2, -0.15) is 0 Å². The van der Waals surface area contributed by atoms with Crippen molar-refractivity contribution in [3.8, 4) is 0 Å². The first-order chi connectivity index (χ1) is 16.6. The molecule has 5 nitrogen and oxygen atoms in total. The minimum atomic E-state index is -0.133. The maximum Gasteiger partial charge on any atom is 0.260 e. The zero-order chi connectivity index (χ0) is 23.5. The molecule has 0 radical (unpaired) electrons. The number of nitrogens with zero attached hydrogens (tertiary/aromatic N) is 2. The minimum Gasteiger partial charge on any atom is -0.376 e. The molecule has 34 heavy (non-hydrogen) atoms. The van der Waals surface area contributed by atoms with Gasteiger partial charge >= 0.3 is 0 Å². The number of rotatable bonds is 7. The van der Waals surface area contributed by atoms with Gasteiger partial charge in [-0.1, -0.05) is 72.9 Å². The summed E-state index contributed by atoms with van der Waals surface area (Å²) in [5, 5.41) is 0.681. The third-order valence-electron chi connectivity index (χ3n) is 6.19. The quantitative estimate of drug-likeness (QED) is 0.315. The van der Waals surface area contributed by atoms with Crippen molar-refractivity contribution in [3.63, 3.8) is 0 Å². The van der Waals surface area contributed by atoms with Crippen LogP contribution in [0.3, 0.4) is 0 Å². The highest BCUT2D eigenvalue weighted by Gasteiger charge is 2.27. The van der Waals surface area contributed by atoms with E-state index in [1.54, 1.807) is 41.3 Å². The molecule has 0 spiro atoms. The molecule has 0 bridgehead atoms. The normalized spacial score (nSPS) is 15.5. The fourth-order valence-corrected chi connectivity index (χ4v) is 5.33. The van der Waals surface area contributed by atoms with Crippen LogP contribution in [-0.4, -0.2) is 35.9 Å². The van der Waals surface area contributed by atoms with Crippen molar-refractivity contribution >= 4 is 38.4 Å². The number of amides is 1. The number of thiazole rings is 1. The van der Waals surface area contributed by atoms with Crippen molar-refractivity contribution in [1.29, 1.82) is 0 Å². The molecule has 5 rings (SSSR count). The predicted molar refractivity (Wildman–Crippen MR) is 136 cm³/mol. The summed E-state index contributed by atoms with van der Waals surface area (Å²) in [6.07, 6.45) is 2.82. The fraction of sp³-hybridized carbons (Fsp3) is 0.250. The molecule has 4 aromatic rings. The van der Waals surface area contributed by atoms with Gasteiger partial charge in [-0.3, -0.25) is 14.5 Å². The Morgan fingerprint density at radius 2 is 1.71 bits per heavy atom. The molecule has 1 saturated heterocycles. The zero-order valence-electron chi connectivity index (χ0n) is 19.1. The molecule has 1 aromatic heterocycles. The molecular formula is C28H26N2O3S. The number of ketones is 1. The summed E-state index contributed by atoms with van der Waals surface area (Å²) < 4.78 is 6.92. The number of benzene rings is 3. The summed E-state index contributed by atoms with van der Waals surface area (Å²) in [7, 11) is 0. The number of aromatic nitrogens is 1. The van der Waals surface area contributed by atoms with Gasteiger partial charge < -0.3 is 4.74 Å². The topological polar surface area (TPSA) is 59.5 Å². The minimum absolute atomic E-state index is 0.000499. The Labute approximate surface area is 203 Å². The number of carbonyl (C=O) groups is 2. The Morgan fingerprint density at radius 1 is 0.971 bits per heavy atom. The summed E-state index contributed by atoms with van der Waals surface area (Å²) in [5.41, 5.74) is 3.84. The van der Waals surface area contributed by atoms with Gasteiger partial charge in [-0.05, 0) is 43.0 Å². The maximum absolute atomic E-state index is 13.7. The molecule has 3 aromatic carbocycles. The van der Waals surface area contributed by atoms with E-state index in [2.05, 4.69) is 13.0 Å². The highest BCUT2D eigenvalue weighted by Crippen LogP contribution is 2.33. The fourth-order valence-electron chi connectivity index (χ4n) is 4.31. The van der Waals surface area contributed by atoms with E-state index < -0.39 is 0 Å². The molecule has 0 N–H and O–H groups in total. The first-order valence-electron chi connectivity index (χ1n) is 11.7. The molecular weight excluding hydrogens is 444 g/mol. The second kappa shape index (κ2) is 9.87. The molecule has 1 amide bonds. The van der Waals surface area contributed by atoms with Crippen LogP contribution in [0.25, 0.3) is 10.2 Å². The first kappa shape index (κ1) is 22.4. The smallest absolute Gasteiger partial charge is 0.260 e. The van der Waals surface area contributed by atoms with E-state index in [0.717, 1.165) is 36.1 Å². The van der Waals surface area contributed by atoms with Crippen LogP contribution in [0.2, 0.25) is 0 Å². The standard InChI is InChI=1S/C28H26N2O3S/c1-2-19-10-6-12-24-25(19)29-28(34-24)30(18-23-11-7-17-33-23)27(32)22-15-13-21(14-16-22)26(31)20-8-4-3-5-9-20/h3-6,8-10,12-16,23H,2,7,11,17-18H2,1H3. The van der Waals surface area contributed by atoms with Crippen molar-refractivity contribution < 1.29 is 14.3 Å². The van der Waals surface area contributed by atoms with Crippen molar-refractivity contribution in [2.45, 2.75) is 32.3 Å². The number of hydrogen-bond donors (Lipinski definition) is 0. The Kier molecular flexibility index (Phi) is 6.52. The van der Waals surface area contributed by atoms with E-state index in [0.29, 0.717) is 28.4 Å². The average Bonchev–Trinajstić information content (AvgIpc) is 3.56. The number of hydrogen-bond acceptors (Lipinski definition) is 5. The van der Waals surface area contributed by atoms with Crippen LogP contribution in [0, 0.1) is 0 Å². The Bertz CT molecular complexity index is 1310. The molecule has 6 heteroatoms. The highest BCUT2D eigenvalue weighted by atomic mass is 32.1. The number of anilines is 1. The lowest BCUT2D eigenvalue weighted by molar-refractivity contribution is 0.0917. The molecule has 1 aliphatic rings. The van der Waals surface area contributed by atoms with Crippen molar-refractivity contribution in [2.75, 3.05) is 18.1 Å². The van der Waals surface area contributed by atoms with Crippen molar-refractivity contribution in [1.82, 2.24) is 4.98 Å². The van der Waals surface area contributed by atoms with Crippen LogP contribution in [0.5, 0.6) is 0 Å². The Morgan fingerprint density at radius 3 is 2.41 bits per heavy atom. The lowest BCUT2D eigenvalue weighted by atomic mass is 10.0. The predicted octanol–water partition coefficient (Wildman–Crippen LogP) is 5.92. The third-order valence-corrected chi connectivity index (χ3v) is 7.23. The number of aryl methyl sites for hydroxylation is 1. The zero-order valence-corrected chi connectivity index (χ0v) is 19.9. The highest BCUT2D eigenvalue weighted by molar-refractivity contribution is 7.22. The van der Waals surface area contributed by atoms with E-state index in [-0.39, 0.29) is 17.8 Å². The summed E-state index contributed by atoms with van der Waals surface area (Å²) in [6.45, 7) is 3.30. The number of ether oxygens (including phenoxy) is 1. The molecule has 2 heterocycles. The average molecular weight is 471 g/mol. The van der Waals surface area contributed by atoms with Gasteiger partial charge in [0.25, 0.3) is 5.91 Å². The first-order valence-corrected chi connectivity index (χ1v) is 12.5. The Hall–Kier alpha value is -3.35. The van der Waals surface area contributed by atoms with Crippen LogP contribution < -0.4 is 4.90 Å². The molecule has 0 aliphatic carbocycles. The van der Waals surface area contributed by atoms with Gasteiger partial charge in [0, 0.05) is 23.3 Å². The van der Waals surface area contributed by atoms with E-state index in [4.69, 9.17) is 9.72 Å². The van der Waals surface area contributed by atoms with Gasteiger partial charge in [0.15, 0.2) is 10.9 Å². The SMILES string of the molecule is CCc1cccc2sc(N(CC3CCCO3)C(=O)c3ccc(C(=O)c4ccccc4)cc3)nc12. The van der Waals surface area contributed by atoms with Crippen LogP contribution in [0.15, 0.2) is 72.8 Å². The van der Waals surface area contributed by atoms with E-state index in [9.17, 15) is 9.59 Å². The largest absolute Gasteiger partial charge is 0.376 e. The van der Waals surface area contributed by atoms with Crippen LogP contribution in [-0.2, 0) is 11.2 Å². The van der Waals surface area contributed by atoms with Crippen LogP contribution >= 0.6 is 11.3 Å². The van der Waals surface area contributed by atoms with Crippen molar-refractivity contribution in [3.05, 3.63) is 95.1 Å². The molecule has 1 atom stereocenters.